The van der Waals surface area contributed by atoms with E-state index in [4.69, 9.17) is 0 Å². The van der Waals surface area contributed by atoms with Crippen LogP contribution in [0.2, 0.25) is 0 Å². The number of piperazine rings is 1. The van der Waals surface area contributed by atoms with Crippen molar-refractivity contribution in [1.29, 1.82) is 0 Å². The number of carbonyl (C=O) groups excluding carboxylic acids is 1. The van der Waals surface area contributed by atoms with Crippen molar-refractivity contribution in [3.63, 3.8) is 0 Å². The van der Waals surface area contributed by atoms with E-state index in [1.807, 2.05) is 16.8 Å². The number of likely N-dealkylation sites (N-methyl/N-ethyl adjacent to an activating group) is 1. The molecule has 0 saturated carbocycles. The van der Waals surface area contributed by atoms with E-state index in [2.05, 4.69) is 20.5 Å². The molecule has 1 aliphatic rings. The first-order valence-corrected chi connectivity index (χ1v) is 6.59. The molecular weight excluding hydrogens is 258 g/mol. The van der Waals surface area contributed by atoms with Gasteiger partial charge in [0.1, 0.15) is 6.33 Å². The second-order valence-electron chi connectivity index (χ2n) is 4.80. The number of amides is 1. The summed E-state index contributed by atoms with van der Waals surface area (Å²) in [4.78, 5) is 20.2. The van der Waals surface area contributed by atoms with E-state index in [0.717, 1.165) is 26.2 Å². The van der Waals surface area contributed by atoms with Gasteiger partial charge in [-0.25, -0.2) is 4.98 Å². The smallest absolute Gasteiger partial charge is 0.242 e. The molecular formula is C12H17N7O. The number of aromatic nitrogens is 4. The minimum absolute atomic E-state index is 0.109. The molecule has 1 fully saturated rings. The van der Waals surface area contributed by atoms with E-state index in [1.54, 1.807) is 23.1 Å². The van der Waals surface area contributed by atoms with Crippen LogP contribution in [0.15, 0.2) is 18.7 Å². The van der Waals surface area contributed by atoms with Crippen LogP contribution in [0.4, 0.5) is 5.82 Å². The molecule has 0 bridgehead atoms. The van der Waals surface area contributed by atoms with Gasteiger partial charge in [0.05, 0.1) is 6.54 Å². The number of fused-ring (bicyclic) bond motifs is 1. The van der Waals surface area contributed by atoms with Gasteiger partial charge in [0.25, 0.3) is 0 Å². The second-order valence-corrected chi connectivity index (χ2v) is 4.80. The lowest BCUT2D eigenvalue weighted by molar-refractivity contribution is -0.130. The number of carbonyl (C=O) groups is 1. The molecule has 20 heavy (non-hydrogen) atoms. The summed E-state index contributed by atoms with van der Waals surface area (Å²) in [5.41, 5.74) is 0.656. The van der Waals surface area contributed by atoms with Crippen LogP contribution < -0.4 is 10.2 Å². The molecule has 106 valence electrons. The Hall–Kier alpha value is -2.22. The highest BCUT2D eigenvalue weighted by Crippen LogP contribution is 2.14. The number of hydrogen-bond acceptors (Lipinski definition) is 6. The summed E-state index contributed by atoms with van der Waals surface area (Å²) < 4.78 is 1.79. The second kappa shape index (κ2) is 5.41. The van der Waals surface area contributed by atoms with Gasteiger partial charge < -0.3 is 15.1 Å². The molecule has 1 amide bonds. The third kappa shape index (κ3) is 2.42. The monoisotopic (exact) mass is 275 g/mol. The normalized spacial score (nSPS) is 15.6. The Bertz CT molecular complexity index is 605. The number of rotatable bonds is 3. The Kier molecular flexibility index (Phi) is 3.46. The van der Waals surface area contributed by atoms with E-state index in [-0.39, 0.29) is 5.91 Å². The average Bonchev–Trinajstić information content (AvgIpc) is 2.96. The molecule has 0 unspecified atom stereocenters. The Morgan fingerprint density at radius 3 is 3.05 bits per heavy atom. The minimum Gasteiger partial charge on any atom is -0.347 e. The first-order chi connectivity index (χ1) is 9.75. The zero-order valence-electron chi connectivity index (χ0n) is 11.4. The predicted octanol–water partition coefficient (Wildman–Crippen LogP) is -1.01. The first kappa shape index (κ1) is 12.8. The van der Waals surface area contributed by atoms with E-state index in [9.17, 15) is 4.79 Å². The highest BCUT2D eigenvalue weighted by atomic mass is 16.2. The third-order valence-electron chi connectivity index (χ3n) is 3.40. The van der Waals surface area contributed by atoms with Gasteiger partial charge in [-0.1, -0.05) is 0 Å². The molecule has 1 aliphatic heterocycles. The van der Waals surface area contributed by atoms with Crippen LogP contribution in [0.25, 0.3) is 5.65 Å². The van der Waals surface area contributed by atoms with Crippen LogP contribution in [-0.2, 0) is 4.79 Å². The van der Waals surface area contributed by atoms with Gasteiger partial charge >= 0.3 is 0 Å². The molecule has 8 heteroatoms. The summed E-state index contributed by atoms with van der Waals surface area (Å²) in [7, 11) is 1.84. The summed E-state index contributed by atoms with van der Waals surface area (Å²) in [6, 6.07) is 0. The van der Waals surface area contributed by atoms with E-state index in [0.29, 0.717) is 18.0 Å². The van der Waals surface area contributed by atoms with Crippen molar-refractivity contribution in [1.82, 2.24) is 29.8 Å². The van der Waals surface area contributed by atoms with Crippen LogP contribution in [0.1, 0.15) is 0 Å². The highest BCUT2D eigenvalue weighted by molar-refractivity contribution is 5.82. The Morgan fingerprint density at radius 1 is 1.45 bits per heavy atom. The molecule has 1 N–H and O–H groups in total. The predicted molar refractivity (Wildman–Crippen MR) is 73.5 cm³/mol. The van der Waals surface area contributed by atoms with Crippen LogP contribution in [-0.4, -0.2) is 70.2 Å². The molecule has 8 nitrogen and oxygen atoms in total. The summed E-state index contributed by atoms with van der Waals surface area (Å²) in [6.07, 6.45) is 5.08. The van der Waals surface area contributed by atoms with Crippen LogP contribution >= 0.6 is 0 Å². The zero-order valence-corrected chi connectivity index (χ0v) is 11.4. The van der Waals surface area contributed by atoms with Crippen molar-refractivity contribution in [2.24, 2.45) is 0 Å². The van der Waals surface area contributed by atoms with E-state index < -0.39 is 0 Å². The van der Waals surface area contributed by atoms with Gasteiger partial charge in [-0.05, 0) is 0 Å². The molecule has 0 spiro atoms. The van der Waals surface area contributed by atoms with E-state index >= 15 is 0 Å². The van der Waals surface area contributed by atoms with Gasteiger partial charge in [-0.3, -0.25) is 9.20 Å². The molecule has 2 aromatic heterocycles. The summed E-state index contributed by atoms with van der Waals surface area (Å²) in [5.74, 6) is 0.769. The molecule has 0 aliphatic carbocycles. The topological polar surface area (TPSA) is 78.7 Å². The van der Waals surface area contributed by atoms with Crippen molar-refractivity contribution in [3.05, 3.63) is 18.7 Å². The number of nitrogens with zero attached hydrogens (tertiary/aromatic N) is 6. The van der Waals surface area contributed by atoms with Crippen molar-refractivity contribution in [2.45, 2.75) is 0 Å². The molecule has 0 atom stereocenters. The molecule has 2 aromatic rings. The average molecular weight is 275 g/mol. The largest absolute Gasteiger partial charge is 0.347 e. The first-order valence-electron chi connectivity index (χ1n) is 6.59. The number of nitrogens with one attached hydrogen (secondary N) is 1. The van der Waals surface area contributed by atoms with E-state index in [1.165, 1.54) is 0 Å². The molecule has 3 rings (SSSR count). The molecule has 1 saturated heterocycles. The highest BCUT2D eigenvalue weighted by Gasteiger charge is 2.19. The number of hydrogen-bond donors (Lipinski definition) is 1. The van der Waals surface area contributed by atoms with Crippen molar-refractivity contribution in [2.75, 3.05) is 44.7 Å². The van der Waals surface area contributed by atoms with Crippen molar-refractivity contribution < 1.29 is 4.79 Å². The van der Waals surface area contributed by atoms with Gasteiger partial charge in [0.15, 0.2) is 5.82 Å². The maximum absolute atomic E-state index is 12.2. The van der Waals surface area contributed by atoms with Crippen molar-refractivity contribution >= 4 is 17.4 Å². The van der Waals surface area contributed by atoms with Crippen LogP contribution in [0, 0.1) is 0 Å². The van der Waals surface area contributed by atoms with Crippen LogP contribution in [0.5, 0.6) is 0 Å². The van der Waals surface area contributed by atoms with Crippen LogP contribution in [0.3, 0.4) is 0 Å². The standard InChI is InChI=1S/C12H17N7O/c1-17(8-10(20)18-5-2-13-3-6-18)11-12-16-15-9-19(12)7-4-14-11/h4,7,9,13H,2-3,5-6,8H2,1H3. The van der Waals surface area contributed by atoms with Gasteiger partial charge in [0.2, 0.25) is 11.6 Å². The fraction of sp³-hybridized carbons (Fsp3) is 0.500. The zero-order chi connectivity index (χ0) is 13.9. The maximum Gasteiger partial charge on any atom is 0.242 e. The Balaban J connectivity index is 1.73. The maximum atomic E-state index is 12.2. The van der Waals surface area contributed by atoms with Crippen molar-refractivity contribution in [3.8, 4) is 0 Å². The molecule has 3 heterocycles. The Morgan fingerprint density at radius 2 is 2.25 bits per heavy atom. The SMILES string of the molecule is CN(CC(=O)N1CCNCC1)c1nccn2cnnc12. The Labute approximate surface area is 116 Å². The summed E-state index contributed by atoms with van der Waals surface area (Å²) in [6.45, 7) is 3.52. The van der Waals surface area contributed by atoms with Gasteiger partial charge in [0, 0.05) is 45.6 Å². The lowest BCUT2D eigenvalue weighted by atomic mass is 10.3. The molecule has 0 radical (unpaired) electrons. The summed E-state index contributed by atoms with van der Waals surface area (Å²) in [5, 5.41) is 11.1. The fourth-order valence-corrected chi connectivity index (χ4v) is 2.31. The fourth-order valence-electron chi connectivity index (χ4n) is 2.31. The summed E-state index contributed by atoms with van der Waals surface area (Å²) >= 11 is 0. The lowest BCUT2D eigenvalue weighted by Crippen LogP contribution is -2.49. The number of anilines is 1. The van der Waals surface area contributed by atoms with Gasteiger partial charge in [-0.15, -0.1) is 10.2 Å². The third-order valence-corrected chi connectivity index (χ3v) is 3.40. The molecule has 0 aromatic carbocycles. The van der Waals surface area contributed by atoms with Gasteiger partial charge in [-0.2, -0.15) is 0 Å². The minimum atomic E-state index is 0.109. The lowest BCUT2D eigenvalue weighted by Gasteiger charge is -2.29. The quantitative estimate of drug-likeness (QED) is 0.773.